The maximum absolute atomic E-state index is 5.23. The Morgan fingerprint density at radius 2 is 2.50 bits per heavy atom. The summed E-state index contributed by atoms with van der Waals surface area (Å²) in [4.78, 5) is 5.11. The van der Waals surface area contributed by atoms with Gasteiger partial charge in [0.1, 0.15) is 18.4 Å². The number of nitrogens with zero attached hydrogens (tertiary/aromatic N) is 3. The van der Waals surface area contributed by atoms with Gasteiger partial charge in [-0.05, 0) is 11.4 Å². The third-order valence-corrected chi connectivity index (χ3v) is 3.10. The molecule has 0 aliphatic rings. The minimum Gasteiger partial charge on any atom is -0.496 e. The molecule has 86 valence electrons. The molecule has 0 aromatic carbocycles. The van der Waals surface area contributed by atoms with Crippen LogP contribution in [0.3, 0.4) is 0 Å². The second kappa shape index (κ2) is 5.62. The van der Waals surface area contributed by atoms with Crippen molar-refractivity contribution in [2.24, 2.45) is 0 Å². The minimum absolute atomic E-state index is 0.827. The highest BCUT2D eigenvalue weighted by molar-refractivity contribution is 7.10. The Kier molecular flexibility index (Phi) is 3.90. The van der Waals surface area contributed by atoms with Crippen LogP contribution >= 0.6 is 11.3 Å². The zero-order valence-corrected chi connectivity index (χ0v) is 9.91. The molecule has 0 saturated carbocycles. The summed E-state index contributed by atoms with van der Waals surface area (Å²) in [5, 5.41) is 9.41. The van der Waals surface area contributed by atoms with Crippen LogP contribution in [0.25, 0.3) is 0 Å². The van der Waals surface area contributed by atoms with Crippen molar-refractivity contribution in [1.82, 2.24) is 20.1 Å². The van der Waals surface area contributed by atoms with E-state index in [0.717, 1.165) is 25.4 Å². The second-order valence-electron chi connectivity index (χ2n) is 3.25. The van der Waals surface area contributed by atoms with Crippen LogP contribution < -0.4 is 10.1 Å². The number of aromatic nitrogens is 3. The predicted octanol–water partition coefficient (Wildman–Crippen LogP) is 1.14. The number of ether oxygens (including phenoxy) is 1. The lowest BCUT2D eigenvalue weighted by molar-refractivity contribution is 0.410. The zero-order valence-electron chi connectivity index (χ0n) is 9.09. The van der Waals surface area contributed by atoms with Crippen molar-refractivity contribution in [3.05, 3.63) is 29.0 Å². The molecule has 0 aliphatic carbocycles. The normalized spacial score (nSPS) is 10.6. The molecular formula is C10H14N4OS. The summed E-state index contributed by atoms with van der Waals surface area (Å²) < 4.78 is 7.04. The van der Waals surface area contributed by atoms with E-state index in [9.17, 15) is 0 Å². The van der Waals surface area contributed by atoms with Crippen LogP contribution in [0.5, 0.6) is 5.75 Å². The Morgan fingerprint density at radius 3 is 3.25 bits per heavy atom. The molecule has 0 amide bonds. The molecule has 0 aliphatic heterocycles. The largest absolute Gasteiger partial charge is 0.496 e. The molecule has 0 bridgehead atoms. The summed E-state index contributed by atoms with van der Waals surface area (Å²) in [5.41, 5.74) is 0. The fourth-order valence-corrected chi connectivity index (χ4v) is 2.19. The van der Waals surface area contributed by atoms with E-state index in [2.05, 4.69) is 15.4 Å². The summed E-state index contributed by atoms with van der Waals surface area (Å²) in [6, 6.07) is 1.99. The number of hydrogen-bond acceptors (Lipinski definition) is 5. The van der Waals surface area contributed by atoms with Crippen LogP contribution in [0.1, 0.15) is 4.88 Å². The van der Waals surface area contributed by atoms with Gasteiger partial charge in [-0.3, -0.25) is 4.68 Å². The third-order valence-electron chi connectivity index (χ3n) is 2.19. The van der Waals surface area contributed by atoms with Gasteiger partial charge in [0, 0.05) is 13.1 Å². The Morgan fingerprint density at radius 1 is 1.56 bits per heavy atom. The highest BCUT2D eigenvalue weighted by atomic mass is 32.1. The van der Waals surface area contributed by atoms with E-state index in [1.165, 1.54) is 4.88 Å². The monoisotopic (exact) mass is 238 g/mol. The van der Waals surface area contributed by atoms with Crippen LogP contribution in [0.15, 0.2) is 24.1 Å². The van der Waals surface area contributed by atoms with Crippen LogP contribution in [0, 0.1) is 0 Å². The van der Waals surface area contributed by atoms with E-state index in [1.807, 2.05) is 11.4 Å². The van der Waals surface area contributed by atoms with E-state index in [0.29, 0.717) is 0 Å². The molecule has 6 heteroatoms. The molecule has 16 heavy (non-hydrogen) atoms. The number of thiophene rings is 1. The van der Waals surface area contributed by atoms with Crippen LogP contribution in [-0.2, 0) is 13.1 Å². The third kappa shape index (κ3) is 2.80. The molecular weight excluding hydrogens is 224 g/mol. The Balaban J connectivity index is 1.72. The molecule has 0 saturated heterocycles. The molecule has 0 radical (unpaired) electrons. The van der Waals surface area contributed by atoms with E-state index in [4.69, 9.17) is 4.74 Å². The summed E-state index contributed by atoms with van der Waals surface area (Å²) in [6.45, 7) is 2.52. The molecule has 5 nitrogen and oxygen atoms in total. The summed E-state index contributed by atoms with van der Waals surface area (Å²) in [5.74, 6) is 0.957. The Bertz CT molecular complexity index is 412. The summed E-state index contributed by atoms with van der Waals surface area (Å²) in [7, 11) is 1.70. The average Bonchev–Trinajstić information content (AvgIpc) is 2.95. The SMILES string of the molecule is COc1ccsc1CNCCn1cncn1. The van der Waals surface area contributed by atoms with E-state index in [1.54, 1.807) is 35.8 Å². The molecule has 0 spiro atoms. The Hall–Kier alpha value is -1.40. The van der Waals surface area contributed by atoms with Crippen LogP contribution in [0.4, 0.5) is 0 Å². The minimum atomic E-state index is 0.827. The average molecular weight is 238 g/mol. The second-order valence-corrected chi connectivity index (χ2v) is 4.25. The van der Waals surface area contributed by atoms with Gasteiger partial charge in [-0.1, -0.05) is 0 Å². The predicted molar refractivity (Wildman–Crippen MR) is 62.6 cm³/mol. The zero-order chi connectivity index (χ0) is 11.2. The van der Waals surface area contributed by atoms with Gasteiger partial charge in [0.05, 0.1) is 18.5 Å². The first kappa shape index (κ1) is 11.1. The molecule has 1 N–H and O–H groups in total. The van der Waals surface area contributed by atoms with Crippen molar-refractivity contribution < 1.29 is 4.74 Å². The van der Waals surface area contributed by atoms with Gasteiger partial charge < -0.3 is 10.1 Å². The van der Waals surface area contributed by atoms with Crippen molar-refractivity contribution in [3.8, 4) is 5.75 Å². The fraction of sp³-hybridized carbons (Fsp3) is 0.400. The fourth-order valence-electron chi connectivity index (χ4n) is 1.38. The number of methoxy groups -OCH3 is 1. The molecule has 2 aromatic rings. The van der Waals surface area contributed by atoms with Gasteiger partial charge in [0.25, 0.3) is 0 Å². The summed E-state index contributed by atoms with van der Waals surface area (Å²) >= 11 is 1.70. The molecule has 0 fully saturated rings. The van der Waals surface area contributed by atoms with E-state index < -0.39 is 0 Å². The number of rotatable bonds is 6. The van der Waals surface area contributed by atoms with Gasteiger partial charge in [-0.15, -0.1) is 11.3 Å². The quantitative estimate of drug-likeness (QED) is 0.767. The first-order chi connectivity index (χ1) is 7.90. The van der Waals surface area contributed by atoms with E-state index >= 15 is 0 Å². The van der Waals surface area contributed by atoms with Crippen LogP contribution in [-0.4, -0.2) is 28.4 Å². The lowest BCUT2D eigenvalue weighted by Crippen LogP contribution is -2.19. The lowest BCUT2D eigenvalue weighted by atomic mass is 10.4. The maximum atomic E-state index is 5.23. The van der Waals surface area contributed by atoms with Crippen molar-refractivity contribution >= 4 is 11.3 Å². The van der Waals surface area contributed by atoms with Crippen LogP contribution in [0.2, 0.25) is 0 Å². The maximum Gasteiger partial charge on any atom is 0.137 e. The molecule has 0 atom stereocenters. The summed E-state index contributed by atoms with van der Waals surface area (Å²) in [6.07, 6.45) is 3.26. The lowest BCUT2D eigenvalue weighted by Gasteiger charge is -2.05. The topological polar surface area (TPSA) is 52.0 Å². The smallest absolute Gasteiger partial charge is 0.137 e. The number of nitrogens with one attached hydrogen (secondary N) is 1. The van der Waals surface area contributed by atoms with Crippen molar-refractivity contribution in [1.29, 1.82) is 0 Å². The highest BCUT2D eigenvalue weighted by Crippen LogP contribution is 2.23. The van der Waals surface area contributed by atoms with Crippen molar-refractivity contribution in [2.75, 3.05) is 13.7 Å². The molecule has 2 aromatic heterocycles. The Labute approximate surface area is 98.1 Å². The molecule has 0 unspecified atom stereocenters. The van der Waals surface area contributed by atoms with E-state index in [-0.39, 0.29) is 0 Å². The number of hydrogen-bond donors (Lipinski definition) is 1. The van der Waals surface area contributed by atoms with Gasteiger partial charge in [0.2, 0.25) is 0 Å². The van der Waals surface area contributed by atoms with Gasteiger partial charge in [-0.2, -0.15) is 5.10 Å². The van der Waals surface area contributed by atoms with Crippen molar-refractivity contribution in [3.63, 3.8) is 0 Å². The first-order valence-electron chi connectivity index (χ1n) is 5.03. The van der Waals surface area contributed by atoms with Crippen molar-refractivity contribution in [2.45, 2.75) is 13.1 Å². The van der Waals surface area contributed by atoms with Gasteiger partial charge in [0.15, 0.2) is 0 Å². The van der Waals surface area contributed by atoms with Gasteiger partial charge >= 0.3 is 0 Å². The first-order valence-corrected chi connectivity index (χ1v) is 5.91. The highest BCUT2D eigenvalue weighted by Gasteiger charge is 2.02. The molecule has 2 heterocycles. The molecule has 2 rings (SSSR count). The van der Waals surface area contributed by atoms with Gasteiger partial charge in [-0.25, -0.2) is 4.98 Å². The standard InChI is InChI=1S/C10H14N4OS/c1-15-9-2-5-16-10(9)6-11-3-4-14-8-12-7-13-14/h2,5,7-8,11H,3-4,6H2,1H3.